The lowest BCUT2D eigenvalue weighted by molar-refractivity contribution is -0.0646. The summed E-state index contributed by atoms with van der Waals surface area (Å²) in [7, 11) is 0. The average molecular weight is 290 g/mol. The third kappa shape index (κ3) is 4.39. The maximum Gasteiger partial charge on any atom is 0.185 e. The predicted molar refractivity (Wildman–Crippen MR) is 85.7 cm³/mol. The summed E-state index contributed by atoms with van der Waals surface area (Å²) in [6.45, 7) is 10.5. The molecule has 4 nitrogen and oxygen atoms in total. The summed E-state index contributed by atoms with van der Waals surface area (Å²) < 4.78 is 11.9. The molecule has 116 valence electrons. The van der Waals surface area contributed by atoms with Gasteiger partial charge in [0, 0.05) is 12.2 Å². The van der Waals surface area contributed by atoms with E-state index < -0.39 is 0 Å². The van der Waals surface area contributed by atoms with Gasteiger partial charge in [0.1, 0.15) is 11.7 Å². The van der Waals surface area contributed by atoms with Gasteiger partial charge >= 0.3 is 0 Å². The van der Waals surface area contributed by atoms with Crippen molar-refractivity contribution in [2.24, 2.45) is 0 Å². The minimum Gasteiger partial charge on any atom is -0.474 e. The third-order valence-corrected chi connectivity index (χ3v) is 3.34. The van der Waals surface area contributed by atoms with Gasteiger partial charge in [0.05, 0.1) is 13.2 Å². The number of anilines is 1. The molecule has 1 aliphatic heterocycles. The molecule has 4 heteroatoms. The zero-order valence-corrected chi connectivity index (χ0v) is 13.4. The number of allylic oxidation sites excluding steroid dienone is 1. The van der Waals surface area contributed by atoms with Gasteiger partial charge in [-0.25, -0.2) is 0 Å². The fourth-order valence-electron chi connectivity index (χ4n) is 2.38. The Bertz CT molecular complexity index is 489. The fourth-order valence-corrected chi connectivity index (χ4v) is 2.38. The highest BCUT2D eigenvalue weighted by Gasteiger charge is 2.26. The molecule has 1 aromatic carbocycles. The molecule has 2 rings (SSSR count). The van der Waals surface area contributed by atoms with Gasteiger partial charge in [-0.1, -0.05) is 12.1 Å². The summed E-state index contributed by atoms with van der Waals surface area (Å²) >= 11 is 0. The van der Waals surface area contributed by atoms with Gasteiger partial charge in [-0.3, -0.25) is 0 Å². The number of nitrogen functional groups attached to an aromatic ring is 1. The van der Waals surface area contributed by atoms with Crippen molar-refractivity contribution < 1.29 is 9.47 Å². The quantitative estimate of drug-likeness (QED) is 0.685. The molecule has 21 heavy (non-hydrogen) atoms. The molecule has 1 atom stereocenters. The highest BCUT2D eigenvalue weighted by Crippen LogP contribution is 2.27. The Morgan fingerprint density at radius 2 is 2.00 bits per heavy atom. The smallest absolute Gasteiger partial charge is 0.185 e. The largest absolute Gasteiger partial charge is 0.474 e. The molecule has 0 amide bonds. The zero-order valence-electron chi connectivity index (χ0n) is 13.4. The molecule has 0 aliphatic carbocycles. The summed E-state index contributed by atoms with van der Waals surface area (Å²) in [5.41, 5.74) is 7.47. The Morgan fingerprint density at radius 3 is 2.57 bits per heavy atom. The molecule has 1 aliphatic rings. The van der Waals surface area contributed by atoms with Gasteiger partial charge in [0.2, 0.25) is 0 Å². The van der Waals surface area contributed by atoms with Crippen LogP contribution in [0.4, 0.5) is 5.69 Å². The first-order valence-corrected chi connectivity index (χ1v) is 7.46. The Kier molecular flexibility index (Phi) is 4.78. The van der Waals surface area contributed by atoms with Gasteiger partial charge in [-0.15, -0.1) is 0 Å². The molecule has 2 N–H and O–H groups in total. The summed E-state index contributed by atoms with van der Waals surface area (Å²) in [6.07, 6.45) is 2.08. The number of hydrogen-bond acceptors (Lipinski definition) is 4. The van der Waals surface area contributed by atoms with Crippen LogP contribution in [0.2, 0.25) is 0 Å². The molecular weight excluding hydrogens is 264 g/mol. The van der Waals surface area contributed by atoms with Crippen LogP contribution in [0.5, 0.6) is 0 Å². The molecule has 1 saturated heterocycles. The van der Waals surface area contributed by atoms with E-state index in [1.807, 2.05) is 37.3 Å². The van der Waals surface area contributed by atoms with Crippen molar-refractivity contribution >= 4 is 5.69 Å². The number of hydrogen-bond donors (Lipinski definition) is 1. The Morgan fingerprint density at radius 1 is 1.33 bits per heavy atom. The van der Waals surface area contributed by atoms with E-state index in [-0.39, 0.29) is 11.7 Å². The molecule has 0 bridgehead atoms. The van der Waals surface area contributed by atoms with E-state index in [0.717, 1.165) is 30.2 Å². The lowest BCUT2D eigenvalue weighted by Gasteiger charge is -2.38. The molecule has 1 heterocycles. The van der Waals surface area contributed by atoms with Crippen molar-refractivity contribution in [2.75, 3.05) is 25.4 Å². The average Bonchev–Trinajstić information content (AvgIpc) is 2.45. The van der Waals surface area contributed by atoms with Crippen molar-refractivity contribution in [1.29, 1.82) is 0 Å². The first kappa shape index (κ1) is 15.7. The SMILES string of the molecule is CC=C(OC(C)(C)C)N1CCOC(c2ccc(N)cc2)C1. The van der Waals surface area contributed by atoms with E-state index in [4.69, 9.17) is 15.2 Å². The van der Waals surface area contributed by atoms with Crippen molar-refractivity contribution in [2.45, 2.75) is 39.4 Å². The second kappa shape index (κ2) is 6.39. The van der Waals surface area contributed by atoms with E-state index in [9.17, 15) is 0 Å². The number of rotatable bonds is 3. The second-order valence-corrected chi connectivity index (χ2v) is 6.31. The maximum atomic E-state index is 6.04. The molecule has 0 aromatic heterocycles. The monoisotopic (exact) mass is 290 g/mol. The maximum absolute atomic E-state index is 6.04. The number of ether oxygens (including phenoxy) is 2. The van der Waals surface area contributed by atoms with Crippen LogP contribution in [-0.2, 0) is 9.47 Å². The summed E-state index contributed by atoms with van der Waals surface area (Å²) in [5.74, 6) is 0.922. The normalized spacial score (nSPS) is 20.5. The van der Waals surface area contributed by atoms with E-state index >= 15 is 0 Å². The van der Waals surface area contributed by atoms with Crippen LogP contribution in [0.15, 0.2) is 36.2 Å². The first-order chi connectivity index (χ1) is 9.89. The topological polar surface area (TPSA) is 47.7 Å². The molecule has 1 fully saturated rings. The van der Waals surface area contributed by atoms with E-state index in [1.165, 1.54) is 0 Å². The van der Waals surface area contributed by atoms with E-state index in [1.54, 1.807) is 0 Å². The van der Waals surface area contributed by atoms with Crippen molar-refractivity contribution in [1.82, 2.24) is 4.90 Å². The predicted octanol–water partition coefficient (Wildman–Crippen LogP) is 3.32. The molecule has 1 aromatic rings. The number of nitrogens with two attached hydrogens (primary N) is 1. The van der Waals surface area contributed by atoms with Crippen molar-refractivity contribution in [3.05, 3.63) is 41.8 Å². The Labute approximate surface area is 127 Å². The van der Waals surface area contributed by atoms with Gasteiger partial charge < -0.3 is 20.1 Å². The standard InChI is InChI=1S/C17H26N2O2/c1-5-16(21-17(2,3)4)19-10-11-20-15(12-19)13-6-8-14(18)9-7-13/h5-9,15H,10-12,18H2,1-4H3. The molecule has 0 saturated carbocycles. The van der Waals surface area contributed by atoms with Crippen LogP contribution >= 0.6 is 0 Å². The van der Waals surface area contributed by atoms with E-state index in [2.05, 4.69) is 25.7 Å². The van der Waals surface area contributed by atoms with Crippen LogP contribution in [0.1, 0.15) is 39.4 Å². The zero-order chi connectivity index (χ0) is 15.5. The van der Waals surface area contributed by atoms with Gasteiger partial charge in [-0.2, -0.15) is 0 Å². The number of benzene rings is 1. The van der Waals surface area contributed by atoms with Crippen LogP contribution in [0.25, 0.3) is 0 Å². The van der Waals surface area contributed by atoms with E-state index in [0.29, 0.717) is 6.61 Å². The van der Waals surface area contributed by atoms with Crippen LogP contribution in [-0.4, -0.2) is 30.2 Å². The lowest BCUT2D eigenvalue weighted by atomic mass is 10.1. The van der Waals surface area contributed by atoms with Crippen LogP contribution in [0, 0.1) is 0 Å². The number of nitrogens with zero attached hydrogens (tertiary/aromatic N) is 1. The molecule has 1 unspecified atom stereocenters. The summed E-state index contributed by atoms with van der Waals surface area (Å²) in [5, 5.41) is 0. The van der Waals surface area contributed by atoms with Crippen LogP contribution in [0.3, 0.4) is 0 Å². The summed E-state index contributed by atoms with van der Waals surface area (Å²) in [6, 6.07) is 7.90. The second-order valence-electron chi connectivity index (χ2n) is 6.31. The highest BCUT2D eigenvalue weighted by molar-refractivity contribution is 5.40. The van der Waals surface area contributed by atoms with Crippen molar-refractivity contribution in [3.63, 3.8) is 0 Å². The lowest BCUT2D eigenvalue weighted by Crippen LogP contribution is -2.40. The van der Waals surface area contributed by atoms with Crippen LogP contribution < -0.4 is 5.73 Å². The minimum atomic E-state index is -0.198. The first-order valence-electron chi connectivity index (χ1n) is 7.46. The molecule has 0 spiro atoms. The fraction of sp³-hybridized carbons (Fsp3) is 0.529. The highest BCUT2D eigenvalue weighted by atomic mass is 16.5. The van der Waals surface area contributed by atoms with Gasteiger partial charge in [0.25, 0.3) is 0 Å². The molecule has 0 radical (unpaired) electrons. The molecular formula is C17H26N2O2. The minimum absolute atomic E-state index is 0.0536. The van der Waals surface area contributed by atoms with Gasteiger partial charge in [0.15, 0.2) is 5.88 Å². The third-order valence-electron chi connectivity index (χ3n) is 3.34. The van der Waals surface area contributed by atoms with Gasteiger partial charge in [-0.05, 0) is 51.5 Å². The van der Waals surface area contributed by atoms with Crippen molar-refractivity contribution in [3.8, 4) is 0 Å². The number of morpholine rings is 1. The summed E-state index contributed by atoms with van der Waals surface area (Å²) in [4.78, 5) is 2.25. The Balaban J connectivity index is 2.08. The Hall–Kier alpha value is -1.68.